The SMILES string of the molecule is CC(C)C(=O)Nc1cccc(OCc2cc(=O)n3ccccc3n2)c1. The Labute approximate surface area is 145 Å². The molecule has 0 radical (unpaired) electrons. The van der Waals surface area contributed by atoms with Crippen LogP contribution >= 0.6 is 0 Å². The summed E-state index contributed by atoms with van der Waals surface area (Å²) in [5, 5.41) is 2.83. The van der Waals surface area contributed by atoms with E-state index < -0.39 is 0 Å². The van der Waals surface area contributed by atoms with Gasteiger partial charge < -0.3 is 10.1 Å². The summed E-state index contributed by atoms with van der Waals surface area (Å²) in [6, 6.07) is 14.0. The molecule has 0 saturated heterocycles. The fourth-order valence-electron chi connectivity index (χ4n) is 2.28. The van der Waals surface area contributed by atoms with E-state index in [4.69, 9.17) is 4.74 Å². The molecule has 3 rings (SSSR count). The lowest BCUT2D eigenvalue weighted by molar-refractivity contribution is -0.118. The number of rotatable bonds is 5. The first-order valence-electron chi connectivity index (χ1n) is 8.04. The number of carbonyl (C=O) groups excluding carboxylic acids is 1. The quantitative estimate of drug-likeness (QED) is 0.777. The topological polar surface area (TPSA) is 72.7 Å². The third kappa shape index (κ3) is 4.03. The minimum absolute atomic E-state index is 0.0543. The van der Waals surface area contributed by atoms with Crippen LogP contribution in [-0.4, -0.2) is 15.3 Å². The van der Waals surface area contributed by atoms with Crippen LogP contribution in [0.25, 0.3) is 5.65 Å². The number of amides is 1. The van der Waals surface area contributed by atoms with Crippen molar-refractivity contribution >= 4 is 17.2 Å². The lowest BCUT2D eigenvalue weighted by Crippen LogP contribution is -2.17. The fourth-order valence-corrected chi connectivity index (χ4v) is 2.28. The van der Waals surface area contributed by atoms with Crippen molar-refractivity contribution < 1.29 is 9.53 Å². The highest BCUT2D eigenvalue weighted by Crippen LogP contribution is 2.19. The van der Waals surface area contributed by atoms with Crippen LogP contribution in [0.3, 0.4) is 0 Å². The van der Waals surface area contributed by atoms with Gasteiger partial charge in [-0.05, 0) is 24.3 Å². The zero-order chi connectivity index (χ0) is 17.8. The summed E-state index contributed by atoms with van der Waals surface area (Å²) in [5.41, 5.74) is 1.64. The van der Waals surface area contributed by atoms with Crippen molar-refractivity contribution in [3.8, 4) is 5.75 Å². The first kappa shape index (κ1) is 16.7. The van der Waals surface area contributed by atoms with Gasteiger partial charge in [-0.2, -0.15) is 0 Å². The predicted molar refractivity (Wildman–Crippen MR) is 95.7 cm³/mol. The molecule has 0 atom stereocenters. The highest BCUT2D eigenvalue weighted by molar-refractivity contribution is 5.92. The summed E-state index contributed by atoms with van der Waals surface area (Å²) in [6.07, 6.45) is 1.68. The molecule has 128 valence electrons. The van der Waals surface area contributed by atoms with Crippen LogP contribution in [0.4, 0.5) is 5.69 Å². The molecule has 1 N–H and O–H groups in total. The van der Waals surface area contributed by atoms with E-state index >= 15 is 0 Å². The first-order chi connectivity index (χ1) is 12.0. The van der Waals surface area contributed by atoms with E-state index in [-0.39, 0.29) is 24.0 Å². The normalized spacial score (nSPS) is 10.8. The maximum absolute atomic E-state index is 12.1. The van der Waals surface area contributed by atoms with Crippen LogP contribution in [0.2, 0.25) is 0 Å². The molecule has 6 nitrogen and oxygen atoms in total. The van der Waals surface area contributed by atoms with Gasteiger partial charge in [0.05, 0.1) is 5.69 Å². The van der Waals surface area contributed by atoms with Gasteiger partial charge in [-0.15, -0.1) is 0 Å². The lowest BCUT2D eigenvalue weighted by Gasteiger charge is -2.10. The Kier molecular flexibility index (Phi) is 4.79. The molecule has 0 fully saturated rings. The Morgan fingerprint density at radius 3 is 2.84 bits per heavy atom. The summed E-state index contributed by atoms with van der Waals surface area (Å²) in [5.74, 6) is 0.442. The van der Waals surface area contributed by atoms with Gasteiger partial charge in [-0.3, -0.25) is 14.0 Å². The van der Waals surface area contributed by atoms with Crippen molar-refractivity contribution in [3.63, 3.8) is 0 Å². The highest BCUT2D eigenvalue weighted by Gasteiger charge is 2.08. The molecule has 3 aromatic rings. The van der Waals surface area contributed by atoms with E-state index in [9.17, 15) is 9.59 Å². The van der Waals surface area contributed by atoms with Crippen LogP contribution in [0.5, 0.6) is 5.75 Å². The van der Waals surface area contributed by atoms with Crippen molar-refractivity contribution in [3.05, 3.63) is 70.8 Å². The van der Waals surface area contributed by atoms with E-state index in [0.29, 0.717) is 22.8 Å². The van der Waals surface area contributed by atoms with Gasteiger partial charge in [0.1, 0.15) is 18.0 Å². The average molecular weight is 337 g/mol. The Morgan fingerprint density at radius 1 is 1.20 bits per heavy atom. The number of pyridine rings is 1. The van der Waals surface area contributed by atoms with Crippen LogP contribution in [-0.2, 0) is 11.4 Å². The number of fused-ring (bicyclic) bond motifs is 1. The molecule has 0 bridgehead atoms. The van der Waals surface area contributed by atoms with Crippen LogP contribution in [0.1, 0.15) is 19.5 Å². The lowest BCUT2D eigenvalue weighted by atomic mass is 10.2. The molecule has 6 heteroatoms. The Balaban J connectivity index is 1.73. The first-order valence-corrected chi connectivity index (χ1v) is 8.04. The number of anilines is 1. The largest absolute Gasteiger partial charge is 0.487 e. The summed E-state index contributed by atoms with van der Waals surface area (Å²) in [6.45, 7) is 3.83. The molecular formula is C19H19N3O3. The molecule has 0 unspecified atom stereocenters. The zero-order valence-corrected chi connectivity index (χ0v) is 14.1. The van der Waals surface area contributed by atoms with Gasteiger partial charge in [0.2, 0.25) is 5.91 Å². The van der Waals surface area contributed by atoms with Crippen molar-refractivity contribution in [2.45, 2.75) is 20.5 Å². The molecule has 1 aromatic carbocycles. The van der Waals surface area contributed by atoms with E-state index in [1.54, 1.807) is 42.6 Å². The molecule has 0 aliphatic carbocycles. The molecule has 0 saturated carbocycles. The van der Waals surface area contributed by atoms with Gasteiger partial charge in [0.25, 0.3) is 5.56 Å². The third-order valence-corrected chi connectivity index (χ3v) is 3.64. The number of benzene rings is 1. The standard InChI is InChI=1S/C19H19N3O3/c1-13(2)19(24)21-14-6-5-7-16(10-14)25-12-15-11-18(23)22-9-4-3-8-17(22)20-15/h3-11,13H,12H2,1-2H3,(H,21,24). The van der Waals surface area contributed by atoms with Crippen LogP contribution < -0.4 is 15.6 Å². The summed E-state index contributed by atoms with van der Waals surface area (Å²) in [7, 11) is 0. The molecule has 0 aliphatic rings. The van der Waals surface area contributed by atoms with Gasteiger partial charge in [0.15, 0.2) is 0 Å². The molecule has 1 amide bonds. The third-order valence-electron chi connectivity index (χ3n) is 3.64. The molecule has 2 heterocycles. The Hall–Kier alpha value is -3.15. The minimum atomic E-state index is -0.151. The van der Waals surface area contributed by atoms with Gasteiger partial charge in [-0.25, -0.2) is 4.98 Å². The fraction of sp³-hybridized carbons (Fsp3) is 0.211. The van der Waals surface area contributed by atoms with Crippen molar-refractivity contribution in [2.24, 2.45) is 5.92 Å². The molecular weight excluding hydrogens is 318 g/mol. The zero-order valence-electron chi connectivity index (χ0n) is 14.1. The average Bonchev–Trinajstić information content (AvgIpc) is 2.60. The monoisotopic (exact) mass is 337 g/mol. The second kappa shape index (κ2) is 7.17. The smallest absolute Gasteiger partial charge is 0.258 e. The molecule has 0 spiro atoms. The number of carbonyl (C=O) groups is 1. The van der Waals surface area contributed by atoms with Gasteiger partial charge in [-0.1, -0.05) is 26.0 Å². The minimum Gasteiger partial charge on any atom is -0.487 e. The number of aromatic nitrogens is 2. The maximum atomic E-state index is 12.1. The maximum Gasteiger partial charge on any atom is 0.258 e. The Morgan fingerprint density at radius 2 is 2.04 bits per heavy atom. The van der Waals surface area contributed by atoms with E-state index in [1.165, 1.54) is 10.5 Å². The van der Waals surface area contributed by atoms with Crippen LogP contribution in [0, 0.1) is 5.92 Å². The number of hydrogen-bond donors (Lipinski definition) is 1. The second-order valence-electron chi connectivity index (χ2n) is 5.98. The van der Waals surface area contributed by atoms with E-state index in [1.807, 2.05) is 19.9 Å². The van der Waals surface area contributed by atoms with Crippen molar-refractivity contribution in [1.82, 2.24) is 9.38 Å². The van der Waals surface area contributed by atoms with Crippen molar-refractivity contribution in [1.29, 1.82) is 0 Å². The molecule has 25 heavy (non-hydrogen) atoms. The van der Waals surface area contributed by atoms with Gasteiger partial charge >= 0.3 is 0 Å². The number of nitrogens with zero attached hydrogens (tertiary/aromatic N) is 2. The number of hydrogen-bond acceptors (Lipinski definition) is 4. The summed E-state index contributed by atoms with van der Waals surface area (Å²) in [4.78, 5) is 28.2. The second-order valence-corrected chi connectivity index (χ2v) is 5.98. The van der Waals surface area contributed by atoms with Crippen LogP contribution in [0.15, 0.2) is 59.5 Å². The Bertz CT molecular complexity index is 963. The van der Waals surface area contributed by atoms with E-state index in [0.717, 1.165) is 0 Å². The highest BCUT2D eigenvalue weighted by atomic mass is 16.5. The molecule has 0 aliphatic heterocycles. The molecule has 2 aromatic heterocycles. The van der Waals surface area contributed by atoms with E-state index in [2.05, 4.69) is 10.3 Å². The number of nitrogens with one attached hydrogen (secondary N) is 1. The summed E-state index contributed by atoms with van der Waals surface area (Å²) < 4.78 is 7.19. The van der Waals surface area contributed by atoms with Gasteiger partial charge in [0, 0.05) is 29.9 Å². The predicted octanol–water partition coefficient (Wildman–Crippen LogP) is 2.87. The van der Waals surface area contributed by atoms with Crippen molar-refractivity contribution in [2.75, 3.05) is 5.32 Å². The number of ether oxygens (including phenoxy) is 1. The summed E-state index contributed by atoms with van der Waals surface area (Å²) >= 11 is 0.